The number of halogens is 2. The first-order chi connectivity index (χ1) is 21.0. The molecule has 8 heteroatoms. The van der Waals surface area contributed by atoms with Crippen molar-refractivity contribution >= 4 is 40.1 Å². The zero-order chi connectivity index (χ0) is 29.6. The van der Waals surface area contributed by atoms with E-state index < -0.39 is 5.79 Å². The Bertz CT molecular complexity index is 1690. The van der Waals surface area contributed by atoms with Gasteiger partial charge in [-0.15, -0.1) is 0 Å². The number of likely N-dealkylation sites (N-methyl/N-ethyl adjacent to an activating group) is 1. The molecule has 220 valence electrons. The van der Waals surface area contributed by atoms with Gasteiger partial charge in [-0.05, 0) is 41.8 Å². The number of benzene rings is 4. The molecule has 1 aromatic heterocycles. The first-order valence-electron chi connectivity index (χ1n) is 14.3. The second-order valence-corrected chi connectivity index (χ2v) is 11.6. The molecule has 6 nitrogen and oxygen atoms in total. The minimum Gasteiger partial charge on any atom is -0.490 e. The van der Waals surface area contributed by atoms with Crippen LogP contribution in [0.2, 0.25) is 10.0 Å². The third kappa shape index (κ3) is 6.96. The topological polar surface area (TPSA) is 48.8 Å². The van der Waals surface area contributed by atoms with E-state index in [0.29, 0.717) is 35.4 Å². The molecule has 1 saturated heterocycles. The summed E-state index contributed by atoms with van der Waals surface area (Å²) in [6, 6.07) is 28.3. The summed E-state index contributed by atoms with van der Waals surface area (Å²) in [7, 11) is 2.13. The van der Waals surface area contributed by atoms with Crippen LogP contribution in [0.5, 0.6) is 5.75 Å². The fourth-order valence-electron chi connectivity index (χ4n) is 5.44. The zero-order valence-electron chi connectivity index (χ0n) is 23.9. The molecule has 0 radical (unpaired) electrons. The Morgan fingerprint density at radius 3 is 2.63 bits per heavy atom. The highest BCUT2D eigenvalue weighted by Gasteiger charge is 2.45. The van der Waals surface area contributed by atoms with Gasteiger partial charge in [-0.3, -0.25) is 4.90 Å². The Balaban J connectivity index is 1.15. The van der Waals surface area contributed by atoms with Crippen molar-refractivity contribution in [3.63, 3.8) is 0 Å². The molecule has 6 rings (SSSR count). The summed E-state index contributed by atoms with van der Waals surface area (Å²) in [5.41, 5.74) is 3.16. The summed E-state index contributed by atoms with van der Waals surface area (Å²) in [6.07, 6.45) is 9.37. The highest BCUT2D eigenvalue weighted by molar-refractivity contribution is 6.35. The molecule has 1 fully saturated rings. The lowest BCUT2D eigenvalue weighted by atomic mass is 10.0. The van der Waals surface area contributed by atoms with E-state index in [1.165, 1.54) is 16.5 Å². The second kappa shape index (κ2) is 13.3. The van der Waals surface area contributed by atoms with E-state index in [4.69, 9.17) is 37.4 Å². The van der Waals surface area contributed by atoms with Gasteiger partial charge < -0.3 is 18.8 Å². The lowest BCUT2D eigenvalue weighted by molar-refractivity contribution is -0.189. The summed E-state index contributed by atoms with van der Waals surface area (Å²) in [5, 5.41) is 3.27. The van der Waals surface area contributed by atoms with Crippen LogP contribution in [0.25, 0.3) is 16.8 Å². The number of rotatable bonds is 11. The maximum atomic E-state index is 6.62. The molecule has 0 N–H and O–H groups in total. The molecule has 0 bridgehead atoms. The average Bonchev–Trinajstić information content (AvgIpc) is 3.68. The van der Waals surface area contributed by atoms with Crippen molar-refractivity contribution in [2.24, 2.45) is 0 Å². The van der Waals surface area contributed by atoms with Crippen molar-refractivity contribution in [1.29, 1.82) is 0 Å². The minimum atomic E-state index is -1.10. The van der Waals surface area contributed by atoms with Crippen LogP contribution in [-0.4, -0.2) is 47.4 Å². The summed E-state index contributed by atoms with van der Waals surface area (Å²) < 4.78 is 21.2. The molecule has 2 heterocycles. The fraction of sp³-hybridized carbons (Fsp3) is 0.229. The van der Waals surface area contributed by atoms with Crippen LogP contribution in [0.3, 0.4) is 0 Å². The van der Waals surface area contributed by atoms with E-state index in [-0.39, 0.29) is 6.10 Å². The van der Waals surface area contributed by atoms with E-state index in [9.17, 15) is 0 Å². The first-order valence-corrected chi connectivity index (χ1v) is 15.0. The lowest BCUT2D eigenvalue weighted by Gasteiger charge is -2.30. The molecule has 0 saturated carbocycles. The van der Waals surface area contributed by atoms with Gasteiger partial charge in [0.25, 0.3) is 0 Å². The summed E-state index contributed by atoms with van der Waals surface area (Å²) >= 11 is 12.8. The summed E-state index contributed by atoms with van der Waals surface area (Å²) in [6.45, 7) is 2.73. The second-order valence-electron chi connectivity index (χ2n) is 10.8. The van der Waals surface area contributed by atoms with Gasteiger partial charge in [-0.1, -0.05) is 102 Å². The predicted octanol–water partition coefficient (Wildman–Crippen LogP) is 7.84. The van der Waals surface area contributed by atoms with Crippen molar-refractivity contribution in [3.8, 4) is 5.75 Å². The Morgan fingerprint density at radius 1 is 1.02 bits per heavy atom. The Labute approximate surface area is 262 Å². The average molecular weight is 615 g/mol. The molecule has 0 amide bonds. The van der Waals surface area contributed by atoms with Crippen molar-refractivity contribution in [2.75, 3.05) is 26.8 Å². The number of nitrogens with zero attached hydrogens (tertiary/aromatic N) is 3. The van der Waals surface area contributed by atoms with Crippen molar-refractivity contribution in [1.82, 2.24) is 14.5 Å². The van der Waals surface area contributed by atoms with E-state index in [0.717, 1.165) is 24.2 Å². The first kappa shape index (κ1) is 29.4. The van der Waals surface area contributed by atoms with Crippen LogP contribution in [0.15, 0.2) is 110 Å². The van der Waals surface area contributed by atoms with Gasteiger partial charge >= 0.3 is 0 Å². The van der Waals surface area contributed by atoms with Gasteiger partial charge in [0.05, 0.1) is 24.5 Å². The third-order valence-corrected chi connectivity index (χ3v) is 8.06. The maximum absolute atomic E-state index is 6.62. The van der Waals surface area contributed by atoms with E-state index in [1.54, 1.807) is 24.7 Å². The van der Waals surface area contributed by atoms with Crippen LogP contribution >= 0.6 is 23.2 Å². The van der Waals surface area contributed by atoms with E-state index in [1.807, 2.05) is 29.0 Å². The number of imidazole rings is 1. The number of hydrogen-bond acceptors (Lipinski definition) is 5. The fourth-order valence-corrected chi connectivity index (χ4v) is 6.00. The van der Waals surface area contributed by atoms with Gasteiger partial charge in [-0.2, -0.15) is 0 Å². The summed E-state index contributed by atoms with van der Waals surface area (Å²) in [4.78, 5) is 6.47. The number of hydrogen-bond donors (Lipinski definition) is 0. The molecule has 0 spiro atoms. The van der Waals surface area contributed by atoms with Crippen molar-refractivity contribution < 1.29 is 14.2 Å². The van der Waals surface area contributed by atoms with Crippen LogP contribution in [0, 0.1) is 0 Å². The molecule has 1 aliphatic rings. The number of fused-ring (bicyclic) bond motifs is 1. The van der Waals surface area contributed by atoms with Crippen LogP contribution in [0.1, 0.15) is 16.7 Å². The van der Waals surface area contributed by atoms with Crippen molar-refractivity contribution in [2.45, 2.75) is 25.0 Å². The zero-order valence-corrected chi connectivity index (χ0v) is 25.4. The maximum Gasteiger partial charge on any atom is 0.215 e. The molecule has 1 aliphatic heterocycles. The Kier molecular flexibility index (Phi) is 9.12. The van der Waals surface area contributed by atoms with E-state index >= 15 is 0 Å². The highest BCUT2D eigenvalue weighted by atomic mass is 35.5. The number of ether oxygens (including phenoxy) is 3. The normalized spacial score (nSPS) is 18.7. The van der Waals surface area contributed by atoms with Gasteiger partial charge in [0.1, 0.15) is 18.5 Å². The lowest BCUT2D eigenvalue weighted by Crippen LogP contribution is -2.34. The monoisotopic (exact) mass is 613 g/mol. The molecule has 5 aromatic rings. The SMILES string of the molecule is CN(C/C=C/c1ccccc1)Cc1ccc(OCC2COC(Cn3ccnc3)(c3ccc(Cl)cc3Cl)O2)c2ccccc12. The molecular weight excluding hydrogens is 581 g/mol. The highest BCUT2D eigenvalue weighted by Crippen LogP contribution is 2.41. The molecular formula is C35H33Cl2N3O3. The van der Waals surface area contributed by atoms with Gasteiger partial charge in [-0.25, -0.2) is 4.98 Å². The molecule has 4 aromatic carbocycles. The van der Waals surface area contributed by atoms with Crippen LogP contribution < -0.4 is 4.74 Å². The molecule has 2 atom stereocenters. The minimum absolute atomic E-state index is 0.309. The number of aromatic nitrogens is 2. The molecule has 43 heavy (non-hydrogen) atoms. The Morgan fingerprint density at radius 2 is 1.84 bits per heavy atom. The predicted molar refractivity (Wildman–Crippen MR) is 172 cm³/mol. The van der Waals surface area contributed by atoms with Gasteiger partial charge in [0, 0.05) is 41.5 Å². The standard InChI is InChI=1S/C35H33Cl2N3O3/c1-39(18-7-10-26-8-3-2-4-9-26)21-27-13-16-34(31-12-6-5-11-30(27)31)41-22-29-23-42-35(43-29,24-40-19-17-38-25-40)32-15-14-28(36)20-33(32)37/h2-17,19-20,25,29H,18,21-24H2,1H3/b10-7+. The molecule has 0 aliphatic carbocycles. The summed E-state index contributed by atoms with van der Waals surface area (Å²) in [5.74, 6) is -0.284. The van der Waals surface area contributed by atoms with Gasteiger partial charge in [0.15, 0.2) is 0 Å². The van der Waals surface area contributed by atoms with Crippen molar-refractivity contribution in [3.05, 3.63) is 136 Å². The Hall–Kier alpha value is -3.65. The van der Waals surface area contributed by atoms with Crippen LogP contribution in [0.4, 0.5) is 0 Å². The smallest absolute Gasteiger partial charge is 0.215 e. The van der Waals surface area contributed by atoms with Gasteiger partial charge in [0.2, 0.25) is 5.79 Å². The third-order valence-electron chi connectivity index (χ3n) is 7.52. The quantitative estimate of drug-likeness (QED) is 0.152. The molecule has 2 unspecified atom stereocenters. The van der Waals surface area contributed by atoms with E-state index in [2.05, 4.69) is 83.7 Å². The largest absolute Gasteiger partial charge is 0.490 e. The van der Waals surface area contributed by atoms with Crippen LogP contribution in [-0.2, 0) is 28.4 Å².